The lowest BCUT2D eigenvalue weighted by Crippen LogP contribution is -2.60. The smallest absolute Gasteiger partial charge is 0.0359 e. The molecule has 0 amide bonds. The molecule has 1 heterocycles. The van der Waals surface area contributed by atoms with Gasteiger partial charge < -0.3 is 5.32 Å². The predicted octanol–water partition coefficient (Wildman–Crippen LogP) is 1.46. The van der Waals surface area contributed by atoms with Crippen LogP contribution in [0.4, 0.5) is 0 Å². The maximum atomic E-state index is 11.2. The molecule has 17 heavy (non-hydrogen) atoms. The Labute approximate surface area is 109 Å². The molecule has 0 aromatic carbocycles. The fourth-order valence-electron chi connectivity index (χ4n) is 2.36. The van der Waals surface area contributed by atoms with Crippen molar-refractivity contribution in [3.05, 3.63) is 0 Å². The van der Waals surface area contributed by atoms with Crippen molar-refractivity contribution in [2.75, 3.05) is 31.6 Å². The van der Waals surface area contributed by atoms with Crippen molar-refractivity contribution in [2.45, 2.75) is 46.2 Å². The second-order valence-electron chi connectivity index (χ2n) is 6.16. The molecule has 0 saturated carbocycles. The zero-order valence-corrected chi connectivity index (χ0v) is 12.8. The van der Waals surface area contributed by atoms with E-state index in [0.29, 0.717) is 17.5 Å². The van der Waals surface area contributed by atoms with Crippen molar-refractivity contribution in [3.8, 4) is 0 Å². The van der Waals surface area contributed by atoms with Crippen LogP contribution in [0.5, 0.6) is 0 Å². The van der Waals surface area contributed by atoms with Crippen LogP contribution in [0.3, 0.4) is 0 Å². The van der Waals surface area contributed by atoms with Crippen molar-refractivity contribution >= 4 is 10.8 Å². The lowest BCUT2D eigenvalue weighted by molar-refractivity contribution is 0.0892. The summed E-state index contributed by atoms with van der Waals surface area (Å²) in [4.78, 5) is 2.52. The highest BCUT2D eigenvalue weighted by Gasteiger charge is 2.33. The van der Waals surface area contributed by atoms with Crippen LogP contribution >= 0.6 is 0 Å². The largest absolute Gasteiger partial charge is 0.311 e. The Balaban J connectivity index is 2.58. The fraction of sp³-hybridized carbons (Fsp3) is 1.00. The average Bonchev–Trinajstić information content (AvgIpc) is 2.24. The normalized spacial score (nSPS) is 29.2. The molecule has 0 aromatic rings. The minimum Gasteiger partial charge on any atom is -0.311 e. The van der Waals surface area contributed by atoms with Crippen LogP contribution in [0.2, 0.25) is 0 Å². The van der Waals surface area contributed by atoms with Gasteiger partial charge in [-0.05, 0) is 11.8 Å². The number of nitrogens with zero attached hydrogens (tertiary/aromatic N) is 1. The number of nitrogens with one attached hydrogen (secondary N) is 1. The van der Waals surface area contributed by atoms with E-state index in [1.165, 1.54) is 6.42 Å². The van der Waals surface area contributed by atoms with Crippen LogP contribution < -0.4 is 5.32 Å². The quantitative estimate of drug-likeness (QED) is 0.831. The Bertz CT molecular complexity index is 263. The number of hydrogen-bond acceptors (Lipinski definition) is 3. The van der Waals surface area contributed by atoms with Crippen molar-refractivity contribution in [1.29, 1.82) is 0 Å². The van der Waals surface area contributed by atoms with Gasteiger partial charge >= 0.3 is 0 Å². The molecule has 0 spiro atoms. The van der Waals surface area contributed by atoms with Crippen molar-refractivity contribution < 1.29 is 4.21 Å². The van der Waals surface area contributed by atoms with E-state index in [9.17, 15) is 4.21 Å². The first-order chi connectivity index (χ1) is 7.84. The molecular weight excluding hydrogens is 232 g/mol. The summed E-state index contributed by atoms with van der Waals surface area (Å²) in [6, 6.07) is 1.15. The minimum absolute atomic E-state index is 0.294. The van der Waals surface area contributed by atoms with Crippen molar-refractivity contribution in [1.82, 2.24) is 10.2 Å². The zero-order valence-electron chi connectivity index (χ0n) is 12.0. The molecule has 3 unspecified atom stereocenters. The molecule has 1 fully saturated rings. The van der Waals surface area contributed by atoms with E-state index in [-0.39, 0.29) is 0 Å². The molecule has 1 aliphatic rings. The summed E-state index contributed by atoms with van der Waals surface area (Å²) in [5.74, 6) is 0.799. The third-order valence-corrected chi connectivity index (χ3v) is 4.47. The van der Waals surface area contributed by atoms with Crippen LogP contribution in [0.25, 0.3) is 0 Å². The maximum absolute atomic E-state index is 11.2. The Hall–Kier alpha value is 0.0700. The molecule has 1 saturated heterocycles. The summed E-state index contributed by atoms with van der Waals surface area (Å²) in [5.41, 5.74) is 0.294. The third kappa shape index (κ3) is 4.68. The summed E-state index contributed by atoms with van der Waals surface area (Å²) in [6.07, 6.45) is 2.96. The van der Waals surface area contributed by atoms with Crippen LogP contribution in [0, 0.1) is 5.41 Å². The number of rotatable bonds is 4. The van der Waals surface area contributed by atoms with Gasteiger partial charge in [0.1, 0.15) is 0 Å². The molecule has 0 aromatic heterocycles. The summed E-state index contributed by atoms with van der Waals surface area (Å²) in [5, 5.41) is 3.66. The van der Waals surface area contributed by atoms with E-state index >= 15 is 0 Å². The van der Waals surface area contributed by atoms with Gasteiger partial charge in [0.15, 0.2) is 0 Å². The molecular formula is C13H28N2OS. The second kappa shape index (κ2) is 6.30. The van der Waals surface area contributed by atoms with Gasteiger partial charge in [0, 0.05) is 54.5 Å². The molecule has 0 aliphatic carbocycles. The highest BCUT2D eigenvalue weighted by atomic mass is 32.2. The monoisotopic (exact) mass is 260 g/mol. The van der Waals surface area contributed by atoms with Gasteiger partial charge in [-0.25, -0.2) is 0 Å². The lowest BCUT2D eigenvalue weighted by Gasteiger charge is -2.44. The lowest BCUT2D eigenvalue weighted by atomic mass is 9.84. The van der Waals surface area contributed by atoms with E-state index < -0.39 is 10.8 Å². The highest BCUT2D eigenvalue weighted by Crippen LogP contribution is 2.24. The number of piperazine rings is 1. The molecule has 1 rings (SSSR count). The van der Waals surface area contributed by atoms with Crippen LogP contribution in [0.1, 0.15) is 34.1 Å². The first-order valence-electron chi connectivity index (χ1n) is 6.62. The third-order valence-electron chi connectivity index (χ3n) is 3.72. The van der Waals surface area contributed by atoms with Crippen molar-refractivity contribution in [2.24, 2.45) is 5.41 Å². The van der Waals surface area contributed by atoms with E-state index in [0.717, 1.165) is 25.4 Å². The van der Waals surface area contributed by atoms with Gasteiger partial charge in [0.05, 0.1) is 0 Å². The fourth-order valence-corrected chi connectivity index (χ4v) is 2.85. The van der Waals surface area contributed by atoms with Gasteiger partial charge in [0.2, 0.25) is 0 Å². The van der Waals surface area contributed by atoms with E-state index in [4.69, 9.17) is 0 Å². The maximum Gasteiger partial charge on any atom is 0.0359 e. The Kier molecular flexibility index (Phi) is 5.61. The van der Waals surface area contributed by atoms with Gasteiger partial charge in [0.25, 0.3) is 0 Å². The Morgan fingerprint density at radius 1 is 1.41 bits per heavy atom. The first-order valence-corrected chi connectivity index (χ1v) is 8.34. The number of hydrogen-bond donors (Lipinski definition) is 1. The minimum atomic E-state index is -0.679. The van der Waals surface area contributed by atoms with Gasteiger partial charge in [-0.3, -0.25) is 9.11 Å². The molecule has 1 N–H and O–H groups in total. The molecule has 4 heteroatoms. The Morgan fingerprint density at radius 3 is 2.53 bits per heavy atom. The summed E-state index contributed by atoms with van der Waals surface area (Å²) in [7, 11) is -0.679. The van der Waals surface area contributed by atoms with E-state index in [1.807, 2.05) is 0 Å². The molecule has 0 radical (unpaired) electrons. The van der Waals surface area contributed by atoms with Gasteiger partial charge in [-0.15, -0.1) is 0 Å². The van der Waals surface area contributed by atoms with Crippen molar-refractivity contribution in [3.63, 3.8) is 0 Å². The van der Waals surface area contributed by atoms with Crippen LogP contribution in [0.15, 0.2) is 0 Å². The second-order valence-corrected chi connectivity index (χ2v) is 7.72. The van der Waals surface area contributed by atoms with Crippen LogP contribution in [-0.2, 0) is 10.8 Å². The topological polar surface area (TPSA) is 32.3 Å². The summed E-state index contributed by atoms with van der Waals surface area (Å²) in [6.45, 7) is 12.2. The highest BCUT2D eigenvalue weighted by molar-refractivity contribution is 7.84. The van der Waals surface area contributed by atoms with E-state index in [1.54, 1.807) is 6.26 Å². The molecule has 1 aliphatic heterocycles. The predicted molar refractivity (Wildman–Crippen MR) is 75.8 cm³/mol. The molecule has 3 nitrogen and oxygen atoms in total. The van der Waals surface area contributed by atoms with Gasteiger partial charge in [-0.2, -0.15) is 0 Å². The molecule has 102 valence electrons. The van der Waals surface area contributed by atoms with E-state index in [2.05, 4.69) is 37.9 Å². The summed E-state index contributed by atoms with van der Waals surface area (Å²) >= 11 is 0. The average molecular weight is 260 g/mol. The SMILES string of the molecule is CCC1CNC(C(C)(C)C)CN1CCS(C)=O. The molecule has 0 bridgehead atoms. The Morgan fingerprint density at radius 2 is 2.06 bits per heavy atom. The van der Waals surface area contributed by atoms with Gasteiger partial charge in [-0.1, -0.05) is 27.7 Å². The first kappa shape index (κ1) is 15.1. The zero-order chi connectivity index (χ0) is 13.1. The van der Waals surface area contributed by atoms with Crippen LogP contribution in [-0.4, -0.2) is 52.8 Å². The molecule has 3 atom stereocenters. The summed E-state index contributed by atoms with van der Waals surface area (Å²) < 4.78 is 11.2. The standard InChI is InChI=1S/C13H28N2OS/c1-6-11-9-14-12(13(2,3)4)10-15(11)7-8-17(5)16/h11-12,14H,6-10H2,1-5H3.